The summed E-state index contributed by atoms with van der Waals surface area (Å²) in [6.07, 6.45) is 2.62. The normalized spacial score (nSPS) is 24.5. The van der Waals surface area contributed by atoms with Crippen molar-refractivity contribution in [3.05, 3.63) is 64.2 Å². The van der Waals surface area contributed by atoms with Gasteiger partial charge in [0.25, 0.3) is 0 Å². The van der Waals surface area contributed by atoms with Crippen molar-refractivity contribution in [1.82, 2.24) is 9.80 Å². The molecule has 0 unspecified atom stereocenters. The summed E-state index contributed by atoms with van der Waals surface area (Å²) in [4.78, 5) is 28.7. The average molecular weight is 607 g/mol. The highest BCUT2D eigenvalue weighted by atomic mass is 35.5. The quantitative estimate of drug-likeness (QED) is 0.325. The zero-order chi connectivity index (χ0) is 30.8. The van der Waals surface area contributed by atoms with Crippen LogP contribution in [0, 0.1) is 17.6 Å². The first-order valence-electron chi connectivity index (χ1n) is 14.4. The number of halogens is 3. The molecule has 0 radical (unpaired) electrons. The number of benzene rings is 2. The van der Waals surface area contributed by atoms with Crippen molar-refractivity contribution in [2.75, 3.05) is 27.7 Å². The van der Waals surface area contributed by atoms with E-state index in [4.69, 9.17) is 25.8 Å². The fourth-order valence-corrected chi connectivity index (χ4v) is 6.42. The van der Waals surface area contributed by atoms with E-state index >= 15 is 0 Å². The van der Waals surface area contributed by atoms with E-state index in [0.717, 1.165) is 37.3 Å². The smallest absolute Gasteiger partial charge is 0.411 e. The minimum Gasteiger partial charge on any atom is -0.488 e. The first-order valence-corrected chi connectivity index (χ1v) is 14.8. The number of rotatable bonds is 7. The molecule has 10 heteroatoms. The van der Waals surface area contributed by atoms with Crippen molar-refractivity contribution >= 4 is 23.7 Å². The number of likely N-dealkylation sites (tertiary alicyclic amines) is 1. The van der Waals surface area contributed by atoms with Crippen LogP contribution in [0.2, 0.25) is 5.02 Å². The molecule has 1 saturated heterocycles. The first kappa shape index (κ1) is 32.0. The predicted octanol–water partition coefficient (Wildman–Crippen LogP) is 6.74. The molecule has 1 aliphatic carbocycles. The number of nitrogens with zero attached hydrogens (tertiary/aromatic N) is 2. The van der Waals surface area contributed by atoms with Gasteiger partial charge in [0, 0.05) is 23.0 Å². The van der Waals surface area contributed by atoms with Gasteiger partial charge in [-0.05, 0) is 102 Å². The van der Waals surface area contributed by atoms with Gasteiger partial charge in [-0.25, -0.2) is 18.4 Å². The fourth-order valence-electron chi connectivity index (χ4n) is 6.23. The van der Waals surface area contributed by atoms with E-state index in [0.29, 0.717) is 11.4 Å². The Bertz CT molecular complexity index is 1290. The number of hydrogen-bond acceptors (Lipinski definition) is 6. The van der Waals surface area contributed by atoms with Crippen LogP contribution in [-0.2, 0) is 26.2 Å². The largest absolute Gasteiger partial charge is 0.488 e. The summed E-state index contributed by atoms with van der Waals surface area (Å²) in [5.41, 5.74) is 0.481. The third-order valence-corrected chi connectivity index (χ3v) is 8.64. The number of methoxy groups -OCH3 is 1. The lowest BCUT2D eigenvalue weighted by atomic mass is 9.70. The molecule has 4 rings (SSSR count). The number of ether oxygens (including phenoxy) is 3. The standard InChI is InChI=1S/C32H41ClF2N2O5/c1-31(2,3)42-30(39)37-19-25(18-27(37)29(38)40-6)41-24-15-21(28(35)26(34)17-24)14-20-10-12-32(13-11-20,36(4)5)22-8-7-9-23(33)16-22/h7-9,15-17,20,25,27H,10-14,18-19H2,1-6H3/t20-,25-,27-,32-/m0/s1. The molecule has 1 amide bonds. The van der Waals surface area contributed by atoms with Gasteiger partial charge < -0.3 is 14.2 Å². The lowest BCUT2D eigenvalue weighted by Gasteiger charge is -2.45. The number of amides is 1. The number of carbonyl (C=O) groups excluding carboxylic acids is 2. The molecule has 1 aliphatic heterocycles. The Balaban J connectivity index is 1.46. The molecule has 0 aromatic heterocycles. The summed E-state index contributed by atoms with van der Waals surface area (Å²) in [5.74, 6) is -2.15. The number of hydrogen-bond donors (Lipinski definition) is 0. The minimum atomic E-state index is -0.994. The van der Waals surface area contributed by atoms with Gasteiger partial charge in [-0.2, -0.15) is 0 Å². The van der Waals surface area contributed by atoms with Gasteiger partial charge in [0.1, 0.15) is 23.5 Å². The van der Waals surface area contributed by atoms with Gasteiger partial charge in [0.15, 0.2) is 11.6 Å². The molecule has 2 aromatic rings. The topological polar surface area (TPSA) is 68.3 Å². The van der Waals surface area contributed by atoms with Gasteiger partial charge >= 0.3 is 12.1 Å². The van der Waals surface area contributed by atoms with E-state index in [1.165, 1.54) is 18.1 Å². The lowest BCUT2D eigenvalue weighted by Crippen LogP contribution is -2.44. The highest BCUT2D eigenvalue weighted by Gasteiger charge is 2.44. The number of carbonyl (C=O) groups is 2. The molecule has 2 fully saturated rings. The molecule has 2 aliphatic rings. The third kappa shape index (κ3) is 7.17. The second-order valence-electron chi connectivity index (χ2n) is 12.6. The van der Waals surface area contributed by atoms with Gasteiger partial charge in [0.2, 0.25) is 0 Å². The molecular weight excluding hydrogens is 566 g/mol. The second kappa shape index (κ2) is 12.8. The van der Waals surface area contributed by atoms with Gasteiger partial charge in [-0.1, -0.05) is 23.7 Å². The number of esters is 1. The molecule has 1 saturated carbocycles. The summed E-state index contributed by atoms with van der Waals surface area (Å²) >= 11 is 6.30. The van der Waals surface area contributed by atoms with Crippen molar-refractivity contribution in [1.29, 1.82) is 0 Å². The van der Waals surface area contributed by atoms with E-state index in [9.17, 15) is 18.4 Å². The minimum absolute atomic E-state index is 0.0434. The average Bonchev–Trinajstić information content (AvgIpc) is 3.34. The van der Waals surface area contributed by atoms with Crippen LogP contribution in [0.25, 0.3) is 0 Å². The van der Waals surface area contributed by atoms with Crippen LogP contribution in [0.1, 0.15) is 64.0 Å². The van der Waals surface area contributed by atoms with Crippen molar-refractivity contribution < 1.29 is 32.6 Å². The molecule has 42 heavy (non-hydrogen) atoms. The maximum Gasteiger partial charge on any atom is 0.411 e. The molecule has 7 nitrogen and oxygen atoms in total. The molecule has 0 spiro atoms. The van der Waals surface area contributed by atoms with Crippen LogP contribution in [0.3, 0.4) is 0 Å². The van der Waals surface area contributed by atoms with Crippen molar-refractivity contribution in [3.63, 3.8) is 0 Å². The summed E-state index contributed by atoms with van der Waals surface area (Å²) < 4.78 is 46.1. The highest BCUT2D eigenvalue weighted by Crippen LogP contribution is 2.44. The van der Waals surface area contributed by atoms with Crippen LogP contribution < -0.4 is 4.74 Å². The zero-order valence-corrected chi connectivity index (χ0v) is 26.0. The second-order valence-corrected chi connectivity index (χ2v) is 13.0. The summed E-state index contributed by atoms with van der Waals surface area (Å²) in [5, 5.41) is 0.694. The Morgan fingerprint density at radius 2 is 1.81 bits per heavy atom. The van der Waals surface area contributed by atoms with E-state index in [1.807, 2.05) is 18.2 Å². The summed E-state index contributed by atoms with van der Waals surface area (Å²) in [7, 11) is 5.37. The molecule has 0 N–H and O–H groups in total. The Hall–Kier alpha value is -2.91. The van der Waals surface area contributed by atoms with Crippen molar-refractivity contribution in [3.8, 4) is 5.75 Å². The van der Waals surface area contributed by atoms with E-state index in [2.05, 4.69) is 25.1 Å². The Kier molecular flexibility index (Phi) is 9.72. The van der Waals surface area contributed by atoms with Crippen LogP contribution >= 0.6 is 11.6 Å². The molecule has 0 bridgehead atoms. The summed E-state index contributed by atoms with van der Waals surface area (Å²) in [6, 6.07) is 9.57. The SMILES string of the molecule is COC(=O)[C@@H]1C[C@H](Oc2cc(F)c(F)c(C[C@H]3CC[C@](c4cccc(Cl)c4)(N(C)C)CC3)c2)CN1C(=O)OC(C)(C)C. The maximum atomic E-state index is 15.0. The van der Waals surface area contributed by atoms with E-state index in [1.54, 1.807) is 20.8 Å². The molecular formula is C32H41ClF2N2O5. The van der Waals surface area contributed by atoms with E-state index < -0.39 is 41.4 Å². The molecule has 2 atom stereocenters. The monoisotopic (exact) mass is 606 g/mol. The van der Waals surface area contributed by atoms with Crippen molar-refractivity contribution in [2.24, 2.45) is 5.92 Å². The molecule has 1 heterocycles. The Labute approximate surface area is 252 Å². The maximum absolute atomic E-state index is 15.0. The lowest BCUT2D eigenvalue weighted by molar-refractivity contribution is -0.145. The zero-order valence-electron chi connectivity index (χ0n) is 25.2. The fraction of sp³-hybridized carbons (Fsp3) is 0.562. The summed E-state index contributed by atoms with van der Waals surface area (Å²) in [6.45, 7) is 5.24. The van der Waals surface area contributed by atoms with Crippen LogP contribution in [0.4, 0.5) is 13.6 Å². The Morgan fingerprint density at radius 3 is 2.40 bits per heavy atom. The molecule has 2 aromatic carbocycles. The highest BCUT2D eigenvalue weighted by molar-refractivity contribution is 6.30. The Morgan fingerprint density at radius 1 is 1.12 bits per heavy atom. The van der Waals surface area contributed by atoms with E-state index in [-0.39, 0.29) is 35.7 Å². The molecule has 230 valence electrons. The van der Waals surface area contributed by atoms with Crippen LogP contribution in [-0.4, -0.2) is 67.4 Å². The van der Waals surface area contributed by atoms with Gasteiger partial charge in [-0.15, -0.1) is 0 Å². The van der Waals surface area contributed by atoms with Gasteiger partial charge in [-0.3, -0.25) is 9.80 Å². The van der Waals surface area contributed by atoms with Crippen molar-refractivity contribution in [2.45, 2.75) is 82.6 Å². The first-order chi connectivity index (χ1) is 19.7. The predicted molar refractivity (Wildman–Crippen MR) is 157 cm³/mol. The van der Waals surface area contributed by atoms with Crippen LogP contribution in [0.15, 0.2) is 36.4 Å². The van der Waals surface area contributed by atoms with Crippen LogP contribution in [0.5, 0.6) is 5.75 Å². The third-order valence-electron chi connectivity index (χ3n) is 8.40. The van der Waals surface area contributed by atoms with Gasteiger partial charge in [0.05, 0.1) is 13.7 Å².